The summed E-state index contributed by atoms with van der Waals surface area (Å²) in [6.45, 7) is 7.41. The summed E-state index contributed by atoms with van der Waals surface area (Å²) in [5, 5.41) is 0. The molecular weight excluding hydrogens is 306 g/mol. The quantitative estimate of drug-likeness (QED) is 0.794. The van der Waals surface area contributed by atoms with Crippen LogP contribution in [0.2, 0.25) is 0 Å². The third-order valence-corrected chi connectivity index (χ3v) is 4.08. The number of benzene rings is 1. The van der Waals surface area contributed by atoms with Crippen LogP contribution >= 0.6 is 15.9 Å². The van der Waals surface area contributed by atoms with E-state index in [2.05, 4.69) is 34.7 Å². The van der Waals surface area contributed by atoms with E-state index in [-0.39, 0.29) is 11.9 Å². The second kappa shape index (κ2) is 6.06. The first kappa shape index (κ1) is 14.5. The zero-order chi connectivity index (χ0) is 14.0. The monoisotopic (exact) mass is 325 g/mol. The van der Waals surface area contributed by atoms with Gasteiger partial charge in [0, 0.05) is 22.3 Å². The fraction of sp³-hybridized carbons (Fsp3) is 0.533. The van der Waals surface area contributed by atoms with Crippen molar-refractivity contribution in [2.24, 2.45) is 0 Å². The number of ketones is 1. The molecule has 1 aliphatic rings. The molecule has 3 nitrogen and oxygen atoms in total. The second-order valence-electron chi connectivity index (χ2n) is 5.08. The van der Waals surface area contributed by atoms with Gasteiger partial charge in [-0.25, -0.2) is 0 Å². The Kier molecular flexibility index (Phi) is 4.63. The minimum Gasteiger partial charge on any atom is -0.375 e. The first-order chi connectivity index (χ1) is 9.02. The van der Waals surface area contributed by atoms with Gasteiger partial charge < -0.3 is 9.64 Å². The van der Waals surface area contributed by atoms with Crippen molar-refractivity contribution in [3.8, 4) is 0 Å². The van der Waals surface area contributed by atoms with E-state index in [0.29, 0.717) is 6.04 Å². The Bertz CT molecular complexity index is 475. The number of morpholine rings is 1. The molecule has 0 aliphatic carbocycles. The molecule has 1 aromatic carbocycles. The van der Waals surface area contributed by atoms with Crippen LogP contribution in [0.4, 0.5) is 5.69 Å². The molecule has 1 saturated heterocycles. The molecule has 1 aromatic rings. The van der Waals surface area contributed by atoms with Crippen LogP contribution in [0.3, 0.4) is 0 Å². The molecular formula is C15H20BrNO2. The highest BCUT2D eigenvalue weighted by Gasteiger charge is 2.27. The molecule has 2 unspecified atom stereocenters. The molecule has 1 heterocycles. The Morgan fingerprint density at radius 1 is 1.53 bits per heavy atom. The summed E-state index contributed by atoms with van der Waals surface area (Å²) >= 11 is 3.44. The molecule has 0 spiro atoms. The van der Waals surface area contributed by atoms with Gasteiger partial charge in [-0.15, -0.1) is 0 Å². The number of Topliss-reactive ketones (excluding diaryl/α,β-unsaturated/α-hetero) is 1. The lowest BCUT2D eigenvalue weighted by Crippen LogP contribution is -2.49. The summed E-state index contributed by atoms with van der Waals surface area (Å²) in [5.74, 6) is 0.102. The number of hydrogen-bond acceptors (Lipinski definition) is 3. The van der Waals surface area contributed by atoms with Gasteiger partial charge in [0.25, 0.3) is 0 Å². The largest absolute Gasteiger partial charge is 0.375 e. The van der Waals surface area contributed by atoms with Gasteiger partial charge in [0.15, 0.2) is 5.78 Å². The molecule has 2 atom stereocenters. The van der Waals surface area contributed by atoms with Gasteiger partial charge in [-0.05, 0) is 38.5 Å². The van der Waals surface area contributed by atoms with Gasteiger partial charge in [0.2, 0.25) is 0 Å². The van der Waals surface area contributed by atoms with Crippen LogP contribution in [0.5, 0.6) is 0 Å². The topological polar surface area (TPSA) is 29.5 Å². The third-order valence-electron chi connectivity index (χ3n) is 3.59. The van der Waals surface area contributed by atoms with Crippen LogP contribution in [0.1, 0.15) is 37.6 Å². The van der Waals surface area contributed by atoms with E-state index in [1.54, 1.807) is 6.92 Å². The number of rotatable bonds is 3. The molecule has 1 aliphatic heterocycles. The highest BCUT2D eigenvalue weighted by atomic mass is 79.9. The predicted octanol–water partition coefficient (Wildman–Crippen LogP) is 3.66. The maximum atomic E-state index is 11.9. The van der Waals surface area contributed by atoms with Crippen molar-refractivity contribution in [2.45, 2.75) is 39.3 Å². The van der Waals surface area contributed by atoms with Gasteiger partial charge in [0.1, 0.15) is 0 Å². The van der Waals surface area contributed by atoms with Crippen molar-refractivity contribution in [1.82, 2.24) is 0 Å². The molecule has 104 valence electrons. The fourth-order valence-corrected chi connectivity index (χ4v) is 2.88. The molecule has 0 amide bonds. The lowest BCUT2D eigenvalue weighted by molar-refractivity contribution is 0.0299. The summed E-state index contributed by atoms with van der Waals surface area (Å²) in [4.78, 5) is 14.2. The average Bonchev–Trinajstić information content (AvgIpc) is 2.38. The van der Waals surface area contributed by atoms with Crippen LogP contribution in [-0.2, 0) is 4.74 Å². The van der Waals surface area contributed by atoms with E-state index in [0.717, 1.165) is 35.3 Å². The number of halogens is 1. The van der Waals surface area contributed by atoms with Crippen LogP contribution in [0.25, 0.3) is 0 Å². The molecule has 1 fully saturated rings. The highest BCUT2D eigenvalue weighted by Crippen LogP contribution is 2.29. The van der Waals surface area contributed by atoms with Gasteiger partial charge in [-0.1, -0.05) is 22.9 Å². The summed E-state index contributed by atoms with van der Waals surface area (Å²) in [6, 6.07) is 6.27. The normalized spacial score (nSPS) is 23.5. The number of hydrogen-bond donors (Lipinski definition) is 0. The summed E-state index contributed by atoms with van der Waals surface area (Å²) in [5.41, 5.74) is 1.81. The van der Waals surface area contributed by atoms with Gasteiger partial charge >= 0.3 is 0 Å². The smallest absolute Gasteiger partial charge is 0.161 e. The average molecular weight is 326 g/mol. The van der Waals surface area contributed by atoms with Crippen molar-refractivity contribution in [1.29, 1.82) is 0 Å². The summed E-state index contributed by atoms with van der Waals surface area (Å²) < 4.78 is 6.66. The van der Waals surface area contributed by atoms with Gasteiger partial charge in [0.05, 0.1) is 18.8 Å². The maximum Gasteiger partial charge on any atom is 0.161 e. The number of carbonyl (C=O) groups excluding carboxylic acids is 1. The van der Waals surface area contributed by atoms with Crippen molar-refractivity contribution in [2.75, 3.05) is 18.1 Å². The molecule has 2 rings (SSSR count). The van der Waals surface area contributed by atoms with Gasteiger partial charge in [-0.2, -0.15) is 0 Å². The molecule has 0 aromatic heterocycles. The Labute approximate surface area is 123 Å². The molecule has 19 heavy (non-hydrogen) atoms. The number of carbonyl (C=O) groups is 1. The van der Waals surface area contributed by atoms with Crippen molar-refractivity contribution in [3.05, 3.63) is 28.2 Å². The van der Waals surface area contributed by atoms with Crippen molar-refractivity contribution < 1.29 is 9.53 Å². The first-order valence-electron chi connectivity index (χ1n) is 6.71. The van der Waals surface area contributed by atoms with E-state index in [1.165, 1.54) is 0 Å². The fourth-order valence-electron chi connectivity index (χ4n) is 2.52. The zero-order valence-corrected chi connectivity index (χ0v) is 13.2. The van der Waals surface area contributed by atoms with E-state index < -0.39 is 0 Å². The predicted molar refractivity (Wildman–Crippen MR) is 81.0 cm³/mol. The molecule has 0 saturated carbocycles. The number of ether oxygens (including phenoxy) is 1. The second-order valence-corrected chi connectivity index (χ2v) is 5.99. The minimum atomic E-state index is 0.102. The zero-order valence-electron chi connectivity index (χ0n) is 11.6. The van der Waals surface area contributed by atoms with Gasteiger partial charge in [-0.3, -0.25) is 4.79 Å². The SMILES string of the molecule is CCC1COC(C)CN1c1ccc(Br)cc1C(C)=O. The lowest BCUT2D eigenvalue weighted by atomic mass is 10.0. The minimum absolute atomic E-state index is 0.102. The Balaban J connectivity index is 2.40. The van der Waals surface area contributed by atoms with Crippen molar-refractivity contribution in [3.63, 3.8) is 0 Å². The molecule has 0 radical (unpaired) electrons. The maximum absolute atomic E-state index is 11.9. The Morgan fingerprint density at radius 2 is 2.26 bits per heavy atom. The van der Waals surface area contributed by atoms with E-state index in [4.69, 9.17) is 4.74 Å². The lowest BCUT2D eigenvalue weighted by Gasteiger charge is -2.40. The molecule has 0 bridgehead atoms. The highest BCUT2D eigenvalue weighted by molar-refractivity contribution is 9.10. The Hall–Kier alpha value is -0.870. The van der Waals surface area contributed by atoms with E-state index in [1.807, 2.05) is 18.2 Å². The summed E-state index contributed by atoms with van der Waals surface area (Å²) in [6.07, 6.45) is 1.21. The standard InChI is InChI=1S/C15H20BrNO2/c1-4-13-9-19-10(2)8-17(13)15-6-5-12(16)7-14(15)11(3)18/h5-7,10,13H,4,8-9H2,1-3H3. The van der Waals surface area contributed by atoms with Crippen LogP contribution in [-0.4, -0.2) is 31.1 Å². The third kappa shape index (κ3) is 3.18. The van der Waals surface area contributed by atoms with Crippen molar-refractivity contribution >= 4 is 27.4 Å². The van der Waals surface area contributed by atoms with Crippen LogP contribution in [0.15, 0.2) is 22.7 Å². The van der Waals surface area contributed by atoms with E-state index in [9.17, 15) is 4.79 Å². The number of nitrogens with zero attached hydrogens (tertiary/aromatic N) is 1. The number of anilines is 1. The van der Waals surface area contributed by atoms with Crippen LogP contribution in [0, 0.1) is 0 Å². The Morgan fingerprint density at radius 3 is 2.89 bits per heavy atom. The van der Waals surface area contributed by atoms with E-state index >= 15 is 0 Å². The molecule has 4 heteroatoms. The summed E-state index contributed by atoms with van der Waals surface area (Å²) in [7, 11) is 0. The first-order valence-corrected chi connectivity index (χ1v) is 7.51. The molecule has 0 N–H and O–H groups in total. The van der Waals surface area contributed by atoms with Crippen LogP contribution < -0.4 is 4.90 Å².